The molecule has 0 atom stereocenters. The van der Waals surface area contributed by atoms with Gasteiger partial charge in [-0.3, -0.25) is 9.71 Å². The first-order valence-electron chi connectivity index (χ1n) is 5.88. The van der Waals surface area contributed by atoms with Crippen LogP contribution in [0, 0.1) is 25.2 Å². The summed E-state index contributed by atoms with van der Waals surface area (Å²) in [5.41, 5.74) is 2.27. The molecule has 20 heavy (non-hydrogen) atoms. The standard InChI is InChI=1S/C14H13N3O2S/c1-10-7-14(4-3-12(10)9-15)20(18,19)17-13-5-6-16-11(2)8-13/h3-8H,1-2H3,(H,16,17). The summed E-state index contributed by atoms with van der Waals surface area (Å²) in [5, 5.41) is 8.86. The van der Waals surface area contributed by atoms with Crippen LogP contribution < -0.4 is 4.72 Å². The van der Waals surface area contributed by atoms with Crippen molar-refractivity contribution in [2.24, 2.45) is 0 Å². The Morgan fingerprint density at radius 3 is 2.55 bits per heavy atom. The van der Waals surface area contributed by atoms with Gasteiger partial charge < -0.3 is 0 Å². The quantitative estimate of drug-likeness (QED) is 0.939. The maximum absolute atomic E-state index is 12.3. The molecular formula is C14H13N3O2S. The fraction of sp³-hybridized carbons (Fsp3) is 0.143. The number of nitriles is 1. The van der Waals surface area contributed by atoms with Crippen LogP contribution in [0.25, 0.3) is 0 Å². The van der Waals surface area contributed by atoms with Crippen molar-refractivity contribution < 1.29 is 8.42 Å². The van der Waals surface area contributed by atoms with Crippen LogP contribution in [0.3, 0.4) is 0 Å². The zero-order chi connectivity index (χ0) is 14.8. The van der Waals surface area contributed by atoms with E-state index in [1.54, 1.807) is 26.0 Å². The first-order chi connectivity index (χ1) is 9.42. The number of nitrogens with zero attached hydrogens (tertiary/aromatic N) is 2. The second kappa shape index (κ2) is 5.31. The largest absolute Gasteiger partial charge is 0.280 e. The van der Waals surface area contributed by atoms with Crippen molar-refractivity contribution in [1.29, 1.82) is 5.26 Å². The molecule has 0 saturated carbocycles. The number of hydrogen-bond acceptors (Lipinski definition) is 4. The Kier molecular flexibility index (Phi) is 3.72. The van der Waals surface area contributed by atoms with Crippen molar-refractivity contribution in [2.45, 2.75) is 18.7 Å². The lowest BCUT2D eigenvalue weighted by atomic mass is 10.1. The number of sulfonamides is 1. The second-order valence-electron chi connectivity index (χ2n) is 4.38. The molecule has 2 aromatic rings. The van der Waals surface area contributed by atoms with E-state index in [9.17, 15) is 8.42 Å². The summed E-state index contributed by atoms with van der Waals surface area (Å²) >= 11 is 0. The molecule has 1 N–H and O–H groups in total. The average Bonchev–Trinajstić information content (AvgIpc) is 2.38. The topological polar surface area (TPSA) is 82.9 Å². The minimum absolute atomic E-state index is 0.128. The SMILES string of the molecule is Cc1cc(NS(=O)(=O)c2ccc(C#N)c(C)c2)ccn1. The highest BCUT2D eigenvalue weighted by atomic mass is 32.2. The van der Waals surface area contributed by atoms with Gasteiger partial charge in [0.15, 0.2) is 0 Å². The molecule has 0 spiro atoms. The number of hydrogen-bond donors (Lipinski definition) is 1. The van der Waals surface area contributed by atoms with Gasteiger partial charge in [-0.2, -0.15) is 5.26 Å². The Bertz CT molecular complexity index is 792. The number of aryl methyl sites for hydroxylation is 2. The molecule has 0 saturated heterocycles. The second-order valence-corrected chi connectivity index (χ2v) is 6.06. The number of pyridine rings is 1. The summed E-state index contributed by atoms with van der Waals surface area (Å²) in [6.45, 7) is 3.48. The maximum Gasteiger partial charge on any atom is 0.261 e. The normalized spacial score (nSPS) is 10.8. The third-order valence-electron chi connectivity index (χ3n) is 2.78. The zero-order valence-corrected chi connectivity index (χ0v) is 11.9. The number of benzene rings is 1. The number of anilines is 1. The molecule has 6 heteroatoms. The molecule has 0 aliphatic rings. The van der Waals surface area contributed by atoms with Crippen LogP contribution in [0.15, 0.2) is 41.4 Å². The van der Waals surface area contributed by atoms with Crippen molar-refractivity contribution in [3.8, 4) is 6.07 Å². The summed E-state index contributed by atoms with van der Waals surface area (Å²) in [7, 11) is -3.66. The van der Waals surface area contributed by atoms with Gasteiger partial charge in [-0.25, -0.2) is 8.42 Å². The highest BCUT2D eigenvalue weighted by Gasteiger charge is 2.15. The van der Waals surface area contributed by atoms with Crippen LogP contribution in [0.2, 0.25) is 0 Å². The highest BCUT2D eigenvalue weighted by molar-refractivity contribution is 7.92. The van der Waals surface area contributed by atoms with Crippen LogP contribution in [0.4, 0.5) is 5.69 Å². The van der Waals surface area contributed by atoms with Crippen LogP contribution in [-0.4, -0.2) is 13.4 Å². The molecule has 0 amide bonds. The molecular weight excluding hydrogens is 274 g/mol. The van der Waals surface area contributed by atoms with Gasteiger partial charge in [0.25, 0.3) is 10.0 Å². The average molecular weight is 287 g/mol. The Morgan fingerprint density at radius 2 is 1.95 bits per heavy atom. The van der Waals surface area contributed by atoms with E-state index in [0.29, 0.717) is 16.8 Å². The van der Waals surface area contributed by atoms with Crippen LogP contribution in [0.5, 0.6) is 0 Å². The first kappa shape index (κ1) is 14.0. The van der Waals surface area contributed by atoms with Crippen molar-refractivity contribution in [1.82, 2.24) is 4.98 Å². The minimum Gasteiger partial charge on any atom is -0.280 e. The lowest BCUT2D eigenvalue weighted by Gasteiger charge is -2.09. The lowest BCUT2D eigenvalue weighted by molar-refractivity contribution is 0.601. The van der Waals surface area contributed by atoms with Gasteiger partial charge in [0.05, 0.1) is 22.2 Å². The van der Waals surface area contributed by atoms with E-state index in [2.05, 4.69) is 9.71 Å². The first-order valence-corrected chi connectivity index (χ1v) is 7.37. The Hall–Kier alpha value is -2.39. The van der Waals surface area contributed by atoms with Crippen LogP contribution in [-0.2, 0) is 10.0 Å². The Balaban J connectivity index is 2.36. The molecule has 5 nitrogen and oxygen atoms in total. The predicted molar refractivity (Wildman–Crippen MR) is 75.7 cm³/mol. The van der Waals surface area contributed by atoms with Crippen LogP contribution >= 0.6 is 0 Å². The van der Waals surface area contributed by atoms with E-state index in [1.165, 1.54) is 24.4 Å². The summed E-state index contributed by atoms with van der Waals surface area (Å²) in [4.78, 5) is 4.14. The van der Waals surface area contributed by atoms with Crippen LogP contribution in [0.1, 0.15) is 16.8 Å². The van der Waals surface area contributed by atoms with Gasteiger partial charge in [-0.15, -0.1) is 0 Å². The van der Waals surface area contributed by atoms with Crippen molar-refractivity contribution >= 4 is 15.7 Å². The monoisotopic (exact) mass is 287 g/mol. The van der Waals surface area contributed by atoms with E-state index in [0.717, 1.165) is 5.69 Å². The number of nitrogens with one attached hydrogen (secondary N) is 1. The molecule has 1 aromatic carbocycles. The third kappa shape index (κ3) is 2.95. The Labute approximate surface area is 118 Å². The predicted octanol–water partition coefficient (Wildman–Crippen LogP) is 2.37. The van der Waals surface area contributed by atoms with Crippen molar-refractivity contribution in [2.75, 3.05) is 4.72 Å². The smallest absolute Gasteiger partial charge is 0.261 e. The van der Waals surface area contributed by atoms with E-state index < -0.39 is 10.0 Å². The maximum atomic E-state index is 12.3. The summed E-state index contributed by atoms with van der Waals surface area (Å²) in [6, 6.07) is 9.64. The fourth-order valence-corrected chi connectivity index (χ4v) is 2.89. The fourth-order valence-electron chi connectivity index (χ4n) is 1.75. The van der Waals surface area contributed by atoms with Gasteiger partial charge in [0, 0.05) is 11.9 Å². The molecule has 0 bridgehead atoms. The molecule has 2 rings (SSSR count). The summed E-state index contributed by atoms with van der Waals surface area (Å²) < 4.78 is 27.0. The van der Waals surface area contributed by atoms with Gasteiger partial charge in [-0.1, -0.05) is 0 Å². The molecule has 0 aliphatic heterocycles. The van der Waals surface area contributed by atoms with E-state index in [-0.39, 0.29) is 4.90 Å². The molecule has 0 aliphatic carbocycles. The Morgan fingerprint density at radius 1 is 1.20 bits per heavy atom. The van der Waals surface area contributed by atoms with Gasteiger partial charge >= 0.3 is 0 Å². The van der Waals surface area contributed by atoms with Gasteiger partial charge in [-0.05, 0) is 49.7 Å². The van der Waals surface area contributed by atoms with Gasteiger partial charge in [0.2, 0.25) is 0 Å². The summed E-state index contributed by atoms with van der Waals surface area (Å²) in [6.07, 6.45) is 1.54. The zero-order valence-electron chi connectivity index (χ0n) is 11.1. The van der Waals surface area contributed by atoms with Crippen molar-refractivity contribution in [3.05, 3.63) is 53.3 Å². The molecule has 102 valence electrons. The van der Waals surface area contributed by atoms with E-state index >= 15 is 0 Å². The highest BCUT2D eigenvalue weighted by Crippen LogP contribution is 2.18. The van der Waals surface area contributed by atoms with E-state index in [1.807, 2.05) is 6.07 Å². The molecule has 0 radical (unpaired) electrons. The molecule has 1 aromatic heterocycles. The molecule has 1 heterocycles. The number of rotatable bonds is 3. The lowest BCUT2D eigenvalue weighted by Crippen LogP contribution is -2.13. The third-order valence-corrected chi connectivity index (χ3v) is 4.16. The van der Waals surface area contributed by atoms with E-state index in [4.69, 9.17) is 5.26 Å². The van der Waals surface area contributed by atoms with Gasteiger partial charge in [0.1, 0.15) is 0 Å². The molecule has 0 unspecified atom stereocenters. The number of aromatic nitrogens is 1. The summed E-state index contributed by atoms with van der Waals surface area (Å²) in [5.74, 6) is 0. The minimum atomic E-state index is -3.66. The molecule has 0 fully saturated rings. The van der Waals surface area contributed by atoms with Crippen molar-refractivity contribution in [3.63, 3.8) is 0 Å².